The van der Waals surface area contributed by atoms with Crippen LogP contribution >= 0.6 is 15.9 Å². The highest BCUT2D eigenvalue weighted by Gasteiger charge is 2.32. The quantitative estimate of drug-likeness (QED) is 0.480. The van der Waals surface area contributed by atoms with Crippen LogP contribution in [0.25, 0.3) is 0 Å². The van der Waals surface area contributed by atoms with Crippen molar-refractivity contribution in [2.45, 2.75) is 38.1 Å². The minimum Gasteiger partial charge on any atom is -0.504 e. The van der Waals surface area contributed by atoms with Gasteiger partial charge in [0.15, 0.2) is 11.5 Å². The van der Waals surface area contributed by atoms with Gasteiger partial charge in [0.05, 0.1) is 6.04 Å². The predicted octanol–water partition coefficient (Wildman–Crippen LogP) is 2.68. The van der Waals surface area contributed by atoms with Crippen molar-refractivity contribution in [1.29, 1.82) is 0 Å². The van der Waals surface area contributed by atoms with Gasteiger partial charge in [0.2, 0.25) is 6.41 Å². The third-order valence-corrected chi connectivity index (χ3v) is 5.44. The molecule has 1 atom stereocenters. The zero-order valence-corrected chi connectivity index (χ0v) is 14.2. The molecule has 2 aliphatic rings. The monoisotopic (exact) mass is 379 g/mol. The summed E-state index contributed by atoms with van der Waals surface area (Å²) in [5, 5.41) is 19.3. The zero-order valence-electron chi connectivity index (χ0n) is 12.6. The van der Waals surface area contributed by atoms with Crippen molar-refractivity contribution in [2.75, 3.05) is 6.54 Å². The van der Waals surface area contributed by atoms with Crippen LogP contribution in [0.3, 0.4) is 0 Å². The number of nitrogens with zero attached hydrogens (tertiary/aromatic N) is 1. The van der Waals surface area contributed by atoms with E-state index in [1.165, 1.54) is 23.3 Å². The van der Waals surface area contributed by atoms with Gasteiger partial charge < -0.3 is 15.1 Å². The summed E-state index contributed by atoms with van der Waals surface area (Å²) in [6.07, 6.45) is 3.90. The van der Waals surface area contributed by atoms with Crippen molar-refractivity contribution >= 4 is 28.1 Å². The summed E-state index contributed by atoms with van der Waals surface area (Å²) < 4.78 is 0.693. The Hall–Kier alpha value is -1.82. The molecule has 0 spiro atoms. The maximum absolute atomic E-state index is 11.7. The summed E-state index contributed by atoms with van der Waals surface area (Å²) in [7, 11) is 0. The summed E-state index contributed by atoms with van der Waals surface area (Å²) in [4.78, 5) is 24.9. The van der Waals surface area contributed by atoms with E-state index in [2.05, 4.69) is 15.9 Å². The number of carbonyl (C=O) groups excluding carboxylic acids is 2. The van der Waals surface area contributed by atoms with E-state index in [4.69, 9.17) is 0 Å². The van der Waals surface area contributed by atoms with Crippen molar-refractivity contribution in [2.24, 2.45) is 0 Å². The normalized spacial score (nSPS) is 21.3. The Bertz CT molecular complexity index is 698. The Kier molecular flexibility index (Phi) is 4.43. The van der Waals surface area contributed by atoms with Gasteiger partial charge in [0.25, 0.3) is 0 Å². The summed E-state index contributed by atoms with van der Waals surface area (Å²) in [6.45, 7) is 0.613. The smallest absolute Gasteiger partial charge is 0.210 e. The number of ketones is 1. The molecule has 3 rings (SSSR count). The van der Waals surface area contributed by atoms with Gasteiger partial charge in [0, 0.05) is 23.9 Å². The molecule has 0 saturated heterocycles. The van der Waals surface area contributed by atoms with Crippen molar-refractivity contribution in [3.63, 3.8) is 0 Å². The standard InChI is InChI=1S/C17H18BrNO4/c18-14-8-17(23)16(22)7-11(14)6-15-13-2-1-12(21)5-10(13)3-4-19(15)9-20/h7-9,15,22-23H,1-6H2. The Morgan fingerprint density at radius 1 is 1.22 bits per heavy atom. The van der Waals surface area contributed by atoms with Crippen LogP contribution in [0.1, 0.15) is 31.2 Å². The molecular formula is C17H18BrNO4. The molecule has 1 heterocycles. The highest BCUT2D eigenvalue weighted by molar-refractivity contribution is 9.10. The molecule has 1 amide bonds. The first kappa shape index (κ1) is 16.1. The van der Waals surface area contributed by atoms with Crippen LogP contribution in [0, 0.1) is 0 Å². The topological polar surface area (TPSA) is 77.8 Å². The third kappa shape index (κ3) is 3.13. The van der Waals surface area contributed by atoms with E-state index in [1.807, 2.05) is 0 Å². The van der Waals surface area contributed by atoms with Crippen LogP contribution < -0.4 is 0 Å². The first-order valence-corrected chi connectivity index (χ1v) is 8.42. The molecule has 0 fully saturated rings. The fraction of sp³-hybridized carbons (Fsp3) is 0.412. The Labute approximate surface area is 142 Å². The van der Waals surface area contributed by atoms with Gasteiger partial charge >= 0.3 is 0 Å². The molecular weight excluding hydrogens is 362 g/mol. The van der Waals surface area contributed by atoms with Gasteiger partial charge in [-0.25, -0.2) is 0 Å². The molecule has 122 valence electrons. The summed E-state index contributed by atoms with van der Waals surface area (Å²) in [5.41, 5.74) is 3.17. The van der Waals surface area contributed by atoms with Crippen LogP contribution in [0.5, 0.6) is 11.5 Å². The lowest BCUT2D eigenvalue weighted by atomic mass is 9.80. The second-order valence-corrected chi connectivity index (χ2v) is 6.94. The lowest BCUT2D eigenvalue weighted by molar-refractivity contribution is -0.120. The van der Waals surface area contributed by atoms with Gasteiger partial charge in [-0.05, 0) is 42.5 Å². The molecule has 1 aromatic carbocycles. The van der Waals surface area contributed by atoms with Crippen LogP contribution in [0.15, 0.2) is 27.8 Å². The minimum absolute atomic E-state index is 0.0930. The number of hydrogen-bond donors (Lipinski definition) is 2. The van der Waals surface area contributed by atoms with Crippen LogP contribution in [-0.4, -0.2) is 39.9 Å². The Morgan fingerprint density at radius 2 is 1.96 bits per heavy atom. The minimum atomic E-state index is -0.181. The highest BCUT2D eigenvalue weighted by atomic mass is 79.9. The number of carbonyl (C=O) groups is 2. The van der Waals surface area contributed by atoms with Crippen molar-refractivity contribution in [3.8, 4) is 11.5 Å². The number of phenols is 2. The van der Waals surface area contributed by atoms with Gasteiger partial charge in [0.1, 0.15) is 5.78 Å². The molecule has 0 aromatic heterocycles. The fourth-order valence-electron chi connectivity index (χ4n) is 3.49. The van der Waals surface area contributed by atoms with E-state index in [9.17, 15) is 19.8 Å². The number of amides is 1. The average Bonchev–Trinajstić information content (AvgIpc) is 2.52. The molecule has 1 aliphatic carbocycles. The molecule has 6 heteroatoms. The maximum Gasteiger partial charge on any atom is 0.210 e. The Morgan fingerprint density at radius 3 is 2.70 bits per heavy atom. The molecule has 0 saturated carbocycles. The highest BCUT2D eigenvalue weighted by Crippen LogP contribution is 2.37. The van der Waals surface area contributed by atoms with E-state index in [0.29, 0.717) is 36.7 Å². The second-order valence-electron chi connectivity index (χ2n) is 6.09. The number of benzene rings is 1. The molecule has 1 unspecified atom stereocenters. The van der Waals surface area contributed by atoms with Gasteiger partial charge in [-0.3, -0.25) is 9.59 Å². The first-order valence-electron chi connectivity index (χ1n) is 7.63. The van der Waals surface area contributed by atoms with Gasteiger partial charge in [-0.1, -0.05) is 21.5 Å². The largest absolute Gasteiger partial charge is 0.504 e. The zero-order chi connectivity index (χ0) is 16.6. The van der Waals surface area contributed by atoms with Crippen LogP contribution in [0.2, 0.25) is 0 Å². The summed E-state index contributed by atoms with van der Waals surface area (Å²) in [6, 6.07) is 2.88. The molecule has 0 bridgehead atoms. The van der Waals surface area contributed by atoms with Crippen molar-refractivity contribution < 1.29 is 19.8 Å². The van der Waals surface area contributed by atoms with Crippen molar-refractivity contribution in [1.82, 2.24) is 4.90 Å². The van der Waals surface area contributed by atoms with Crippen molar-refractivity contribution in [3.05, 3.63) is 33.3 Å². The molecule has 0 radical (unpaired) electrons. The van der Waals surface area contributed by atoms with Gasteiger partial charge in [-0.2, -0.15) is 0 Å². The SMILES string of the molecule is O=CN1CCC2=C(CCC(=O)C2)C1Cc1cc(O)c(O)cc1Br. The van der Waals surface area contributed by atoms with E-state index in [1.54, 1.807) is 4.90 Å². The molecule has 2 N–H and O–H groups in total. The van der Waals surface area contributed by atoms with E-state index >= 15 is 0 Å². The predicted molar refractivity (Wildman–Crippen MR) is 88.2 cm³/mol. The Balaban J connectivity index is 1.95. The molecule has 5 nitrogen and oxygen atoms in total. The number of Topliss-reactive ketones (excluding diaryl/α,β-unsaturated/α-hetero) is 1. The maximum atomic E-state index is 11.7. The number of halogens is 1. The lowest BCUT2D eigenvalue weighted by Crippen LogP contribution is -2.43. The third-order valence-electron chi connectivity index (χ3n) is 4.70. The molecule has 1 aromatic rings. The number of phenolic OH excluding ortho intramolecular Hbond substituents is 2. The first-order chi connectivity index (χ1) is 11.0. The van der Waals surface area contributed by atoms with E-state index in [0.717, 1.165) is 18.4 Å². The summed E-state index contributed by atoms with van der Waals surface area (Å²) in [5.74, 6) is -0.0881. The second kappa shape index (κ2) is 6.35. The number of hydrogen-bond acceptors (Lipinski definition) is 4. The summed E-state index contributed by atoms with van der Waals surface area (Å²) >= 11 is 3.40. The number of aromatic hydroxyl groups is 2. The van der Waals surface area contributed by atoms with E-state index in [-0.39, 0.29) is 23.3 Å². The lowest BCUT2D eigenvalue weighted by Gasteiger charge is -2.39. The fourth-order valence-corrected chi connectivity index (χ4v) is 3.98. The number of rotatable bonds is 3. The van der Waals surface area contributed by atoms with Gasteiger partial charge in [-0.15, -0.1) is 0 Å². The molecule has 23 heavy (non-hydrogen) atoms. The van der Waals surface area contributed by atoms with Crippen LogP contribution in [0.4, 0.5) is 0 Å². The van der Waals surface area contributed by atoms with E-state index < -0.39 is 0 Å². The molecule has 1 aliphatic heterocycles. The van der Waals surface area contributed by atoms with Crippen LogP contribution in [-0.2, 0) is 16.0 Å². The average molecular weight is 380 g/mol.